The molecule has 0 saturated heterocycles. The topological polar surface area (TPSA) is 0 Å². The second-order valence-corrected chi connectivity index (χ2v) is 4.79. The van der Waals surface area contributed by atoms with Gasteiger partial charge in [0, 0.05) is 10.0 Å². The Labute approximate surface area is 107 Å². The van der Waals surface area contributed by atoms with Crippen LogP contribution in [0.1, 0.15) is 16.5 Å². The van der Waals surface area contributed by atoms with Gasteiger partial charge < -0.3 is 0 Å². The molecule has 0 aliphatic rings. The van der Waals surface area contributed by atoms with Gasteiger partial charge in [0.1, 0.15) is 5.82 Å². The number of benzene rings is 2. The molecule has 1 atom stereocenters. The lowest BCUT2D eigenvalue weighted by molar-refractivity contribution is 0.612. The molecule has 0 aliphatic carbocycles. The van der Waals surface area contributed by atoms with E-state index in [0.717, 1.165) is 10.0 Å². The van der Waals surface area contributed by atoms with Gasteiger partial charge >= 0.3 is 0 Å². The number of rotatable bonds is 2. The van der Waals surface area contributed by atoms with Crippen molar-refractivity contribution in [1.29, 1.82) is 0 Å². The highest BCUT2D eigenvalue weighted by atomic mass is 79.9. The smallest absolute Gasteiger partial charge is 0.128 e. The normalized spacial score (nSPS) is 12.4. The molecule has 2 rings (SSSR count). The van der Waals surface area contributed by atoms with Gasteiger partial charge in [-0.05, 0) is 23.8 Å². The zero-order valence-electron chi connectivity index (χ0n) is 8.33. The highest BCUT2D eigenvalue weighted by Gasteiger charge is 2.15. The fourth-order valence-corrected chi connectivity index (χ4v) is 2.20. The summed E-state index contributed by atoms with van der Waals surface area (Å²) in [5, 5.41) is -0.460. The fourth-order valence-electron chi connectivity index (χ4n) is 1.51. The minimum Gasteiger partial charge on any atom is -0.207 e. The Morgan fingerprint density at radius 1 is 1.06 bits per heavy atom. The summed E-state index contributed by atoms with van der Waals surface area (Å²) in [7, 11) is 0. The van der Waals surface area contributed by atoms with E-state index in [4.69, 9.17) is 11.6 Å². The van der Waals surface area contributed by atoms with Crippen molar-refractivity contribution in [3.05, 3.63) is 69.9 Å². The fraction of sp³-hybridized carbons (Fsp3) is 0.0769. The molecule has 0 radical (unpaired) electrons. The largest absolute Gasteiger partial charge is 0.207 e. The number of hydrogen-bond acceptors (Lipinski definition) is 0. The quantitative estimate of drug-likeness (QED) is 0.691. The van der Waals surface area contributed by atoms with Crippen LogP contribution >= 0.6 is 27.5 Å². The maximum atomic E-state index is 13.6. The van der Waals surface area contributed by atoms with E-state index in [1.165, 1.54) is 6.07 Å². The zero-order chi connectivity index (χ0) is 11.5. The maximum Gasteiger partial charge on any atom is 0.128 e. The Hall–Kier alpha value is -0.860. The molecular weight excluding hydrogens is 290 g/mol. The van der Waals surface area contributed by atoms with E-state index in [9.17, 15) is 4.39 Å². The third-order valence-electron chi connectivity index (χ3n) is 2.32. The molecule has 0 saturated carbocycles. The Balaban J connectivity index is 2.41. The first-order chi connectivity index (χ1) is 7.68. The van der Waals surface area contributed by atoms with Gasteiger partial charge in [0.15, 0.2) is 0 Å². The summed E-state index contributed by atoms with van der Waals surface area (Å²) in [6.45, 7) is 0. The molecule has 0 nitrogen and oxygen atoms in total. The molecule has 16 heavy (non-hydrogen) atoms. The van der Waals surface area contributed by atoms with Crippen LogP contribution in [0.5, 0.6) is 0 Å². The molecule has 0 aromatic heterocycles. The van der Waals surface area contributed by atoms with E-state index in [1.807, 2.05) is 30.3 Å². The molecule has 0 fully saturated rings. The van der Waals surface area contributed by atoms with E-state index in [-0.39, 0.29) is 5.82 Å². The summed E-state index contributed by atoms with van der Waals surface area (Å²) in [5.41, 5.74) is 1.38. The van der Waals surface area contributed by atoms with Gasteiger partial charge in [0.05, 0.1) is 5.38 Å². The second-order valence-electron chi connectivity index (χ2n) is 3.44. The van der Waals surface area contributed by atoms with Crippen LogP contribution in [0.3, 0.4) is 0 Å². The molecule has 0 aliphatic heterocycles. The average Bonchev–Trinajstić information content (AvgIpc) is 2.32. The van der Waals surface area contributed by atoms with Crippen LogP contribution in [0.25, 0.3) is 0 Å². The molecule has 0 bridgehead atoms. The summed E-state index contributed by atoms with van der Waals surface area (Å²) in [6.07, 6.45) is 0. The lowest BCUT2D eigenvalue weighted by Crippen LogP contribution is -1.96. The summed E-state index contributed by atoms with van der Waals surface area (Å²) < 4.78 is 14.4. The number of halogens is 3. The first-order valence-corrected chi connectivity index (χ1v) is 6.05. The van der Waals surface area contributed by atoms with Gasteiger partial charge in [0.25, 0.3) is 0 Å². The molecule has 0 heterocycles. The molecule has 0 N–H and O–H groups in total. The van der Waals surface area contributed by atoms with E-state index in [1.54, 1.807) is 12.1 Å². The minimum absolute atomic E-state index is 0.285. The van der Waals surface area contributed by atoms with Crippen LogP contribution in [-0.4, -0.2) is 0 Å². The molecule has 0 spiro atoms. The van der Waals surface area contributed by atoms with Crippen molar-refractivity contribution in [2.24, 2.45) is 0 Å². The summed E-state index contributed by atoms with van der Waals surface area (Å²) >= 11 is 9.56. The van der Waals surface area contributed by atoms with E-state index < -0.39 is 5.38 Å². The Bertz CT molecular complexity index is 485. The molecule has 2 aromatic rings. The SMILES string of the molecule is Fc1ccc(Br)cc1C(Cl)c1ccccc1. The Kier molecular flexibility index (Phi) is 3.62. The highest BCUT2D eigenvalue weighted by molar-refractivity contribution is 9.10. The number of hydrogen-bond donors (Lipinski definition) is 0. The van der Waals surface area contributed by atoms with Crippen molar-refractivity contribution < 1.29 is 4.39 Å². The summed E-state index contributed by atoms with van der Waals surface area (Å²) in [5.74, 6) is -0.285. The maximum absolute atomic E-state index is 13.6. The van der Waals surface area contributed by atoms with Crippen molar-refractivity contribution in [2.45, 2.75) is 5.38 Å². The van der Waals surface area contributed by atoms with E-state index >= 15 is 0 Å². The van der Waals surface area contributed by atoms with Crippen LogP contribution in [0.2, 0.25) is 0 Å². The molecule has 82 valence electrons. The third-order valence-corrected chi connectivity index (χ3v) is 3.30. The first-order valence-electron chi connectivity index (χ1n) is 4.82. The lowest BCUT2D eigenvalue weighted by atomic mass is 10.0. The van der Waals surface area contributed by atoms with Gasteiger partial charge in [-0.2, -0.15) is 0 Å². The first kappa shape index (κ1) is 11.6. The van der Waals surface area contributed by atoms with Crippen molar-refractivity contribution in [1.82, 2.24) is 0 Å². The predicted molar refractivity (Wildman–Crippen MR) is 68.2 cm³/mol. The third kappa shape index (κ3) is 2.45. The highest BCUT2D eigenvalue weighted by Crippen LogP contribution is 2.31. The lowest BCUT2D eigenvalue weighted by Gasteiger charge is -2.11. The van der Waals surface area contributed by atoms with Gasteiger partial charge in [-0.3, -0.25) is 0 Å². The monoisotopic (exact) mass is 298 g/mol. The molecule has 1 unspecified atom stereocenters. The number of alkyl halides is 1. The van der Waals surface area contributed by atoms with Crippen LogP contribution in [0.4, 0.5) is 4.39 Å². The van der Waals surface area contributed by atoms with Gasteiger partial charge in [-0.1, -0.05) is 46.3 Å². The Morgan fingerprint density at radius 3 is 2.44 bits per heavy atom. The van der Waals surface area contributed by atoms with Gasteiger partial charge in [-0.25, -0.2) is 4.39 Å². The summed E-state index contributed by atoms with van der Waals surface area (Å²) in [6, 6.07) is 14.2. The van der Waals surface area contributed by atoms with Crippen LogP contribution < -0.4 is 0 Å². The van der Waals surface area contributed by atoms with E-state index in [2.05, 4.69) is 15.9 Å². The van der Waals surface area contributed by atoms with Crippen molar-refractivity contribution in [3.8, 4) is 0 Å². The molecular formula is C13H9BrClF. The minimum atomic E-state index is -0.460. The van der Waals surface area contributed by atoms with Crippen LogP contribution in [0, 0.1) is 5.82 Å². The van der Waals surface area contributed by atoms with Crippen molar-refractivity contribution in [2.75, 3.05) is 0 Å². The molecule has 0 amide bonds. The average molecular weight is 300 g/mol. The van der Waals surface area contributed by atoms with Crippen LogP contribution in [-0.2, 0) is 0 Å². The second kappa shape index (κ2) is 4.98. The van der Waals surface area contributed by atoms with Gasteiger partial charge in [-0.15, -0.1) is 11.6 Å². The van der Waals surface area contributed by atoms with Gasteiger partial charge in [0.2, 0.25) is 0 Å². The summed E-state index contributed by atoms with van der Waals surface area (Å²) in [4.78, 5) is 0. The predicted octanol–water partition coefficient (Wildman–Crippen LogP) is 4.92. The molecule has 2 aromatic carbocycles. The van der Waals surface area contributed by atoms with Crippen molar-refractivity contribution in [3.63, 3.8) is 0 Å². The van der Waals surface area contributed by atoms with Crippen LogP contribution in [0.15, 0.2) is 53.0 Å². The zero-order valence-corrected chi connectivity index (χ0v) is 10.7. The Morgan fingerprint density at radius 2 is 1.75 bits per heavy atom. The molecule has 3 heteroatoms. The van der Waals surface area contributed by atoms with Crippen molar-refractivity contribution >= 4 is 27.5 Å². The van der Waals surface area contributed by atoms with E-state index in [0.29, 0.717) is 5.56 Å². The standard InChI is InChI=1S/C13H9BrClF/c14-10-6-7-12(16)11(8-10)13(15)9-4-2-1-3-5-9/h1-8,13H.